The zero-order chi connectivity index (χ0) is 8.55. The molecule has 2 aliphatic rings. The van der Waals surface area contributed by atoms with Gasteiger partial charge in [-0.2, -0.15) is 0 Å². The van der Waals surface area contributed by atoms with Crippen LogP contribution < -0.4 is 0 Å². The van der Waals surface area contributed by atoms with Gasteiger partial charge in [-0.1, -0.05) is 13.3 Å². The topological polar surface area (TPSA) is 20.3 Å². The van der Waals surface area contributed by atoms with Gasteiger partial charge in [-0.25, -0.2) is 0 Å². The van der Waals surface area contributed by atoms with Gasteiger partial charge in [0.1, 0.15) is 0 Å². The summed E-state index contributed by atoms with van der Waals surface area (Å²) in [5.74, 6) is 0.413. The van der Waals surface area contributed by atoms with E-state index in [1.54, 1.807) is 0 Å². The van der Waals surface area contributed by atoms with Crippen molar-refractivity contribution in [3.63, 3.8) is 0 Å². The number of carbonyl (C=O) groups excluding carboxylic acids is 1. The molecule has 0 bridgehead atoms. The zero-order valence-electron chi connectivity index (χ0n) is 7.75. The van der Waals surface area contributed by atoms with E-state index >= 15 is 0 Å². The molecular weight excluding hydrogens is 150 g/mol. The van der Waals surface area contributed by atoms with Crippen LogP contribution in [0.1, 0.15) is 45.4 Å². The molecule has 0 aromatic rings. The van der Waals surface area contributed by atoms with Gasteiger partial charge >= 0.3 is 0 Å². The highest BCUT2D eigenvalue weighted by Crippen LogP contribution is 2.34. The Balaban J connectivity index is 2.04. The largest absolute Gasteiger partial charge is 0.337 e. The second-order valence-corrected chi connectivity index (χ2v) is 4.01. The molecule has 68 valence electrons. The summed E-state index contributed by atoms with van der Waals surface area (Å²) in [6, 6.07) is 1.21. The van der Waals surface area contributed by atoms with Crippen LogP contribution in [0.4, 0.5) is 0 Å². The summed E-state index contributed by atoms with van der Waals surface area (Å²) in [6.07, 6.45) is 6.87. The van der Waals surface area contributed by atoms with E-state index in [0.29, 0.717) is 18.0 Å². The molecule has 2 heteroatoms. The number of hydrogen-bond donors (Lipinski definition) is 0. The molecule has 12 heavy (non-hydrogen) atoms. The third kappa shape index (κ3) is 1.13. The van der Waals surface area contributed by atoms with Gasteiger partial charge in [0.15, 0.2) is 0 Å². The minimum absolute atomic E-state index is 0.413. The zero-order valence-corrected chi connectivity index (χ0v) is 7.75. The minimum atomic E-state index is 0.413. The van der Waals surface area contributed by atoms with E-state index in [0.717, 1.165) is 12.8 Å². The number of nitrogens with zero attached hydrogens (tertiary/aromatic N) is 1. The highest BCUT2D eigenvalue weighted by Gasteiger charge is 2.40. The Kier molecular flexibility index (Phi) is 2.07. The quantitative estimate of drug-likeness (QED) is 0.615. The van der Waals surface area contributed by atoms with Crippen LogP contribution >= 0.6 is 0 Å². The standard InChI is InChI=1S/C10H17NO/c1-2-3-8-4-5-9-6-7-10(12)11(8)9/h8-9H,2-7H2,1H3/t8-,9-/m1/s1. The predicted molar refractivity (Wildman–Crippen MR) is 47.8 cm³/mol. The van der Waals surface area contributed by atoms with Crippen LogP contribution in [-0.4, -0.2) is 22.9 Å². The fourth-order valence-corrected chi connectivity index (χ4v) is 2.69. The molecule has 2 nitrogen and oxygen atoms in total. The predicted octanol–water partition coefficient (Wildman–Crippen LogP) is 1.94. The van der Waals surface area contributed by atoms with E-state index in [1.165, 1.54) is 25.7 Å². The van der Waals surface area contributed by atoms with Gasteiger partial charge in [0.05, 0.1) is 0 Å². The monoisotopic (exact) mass is 167 g/mol. The van der Waals surface area contributed by atoms with Gasteiger partial charge < -0.3 is 4.90 Å². The Morgan fingerprint density at radius 1 is 1.42 bits per heavy atom. The van der Waals surface area contributed by atoms with Gasteiger partial charge in [-0.15, -0.1) is 0 Å². The minimum Gasteiger partial charge on any atom is -0.337 e. The van der Waals surface area contributed by atoms with E-state index < -0.39 is 0 Å². The van der Waals surface area contributed by atoms with E-state index in [9.17, 15) is 4.79 Å². The van der Waals surface area contributed by atoms with Crippen LogP contribution in [-0.2, 0) is 4.79 Å². The van der Waals surface area contributed by atoms with Crippen molar-refractivity contribution in [2.24, 2.45) is 0 Å². The van der Waals surface area contributed by atoms with Crippen molar-refractivity contribution in [1.29, 1.82) is 0 Å². The Morgan fingerprint density at radius 2 is 2.25 bits per heavy atom. The molecule has 0 N–H and O–H groups in total. The molecular formula is C10H17NO. The van der Waals surface area contributed by atoms with Crippen LogP contribution in [0.2, 0.25) is 0 Å². The molecule has 2 atom stereocenters. The highest BCUT2D eigenvalue weighted by molar-refractivity contribution is 5.79. The van der Waals surface area contributed by atoms with Crippen molar-refractivity contribution in [3.8, 4) is 0 Å². The van der Waals surface area contributed by atoms with Crippen molar-refractivity contribution < 1.29 is 4.79 Å². The number of amides is 1. The van der Waals surface area contributed by atoms with Crippen molar-refractivity contribution in [2.75, 3.05) is 0 Å². The first-order chi connectivity index (χ1) is 5.83. The Labute approximate surface area is 73.9 Å². The first-order valence-corrected chi connectivity index (χ1v) is 5.14. The average Bonchev–Trinajstić information content (AvgIpc) is 2.58. The summed E-state index contributed by atoms with van der Waals surface area (Å²) in [6.45, 7) is 2.20. The number of carbonyl (C=O) groups is 1. The molecule has 2 fully saturated rings. The lowest BCUT2D eigenvalue weighted by molar-refractivity contribution is -0.129. The maximum atomic E-state index is 11.5. The van der Waals surface area contributed by atoms with Gasteiger partial charge in [0.25, 0.3) is 0 Å². The summed E-state index contributed by atoms with van der Waals surface area (Å²) in [5.41, 5.74) is 0. The lowest BCUT2D eigenvalue weighted by Gasteiger charge is -2.23. The first-order valence-electron chi connectivity index (χ1n) is 5.14. The van der Waals surface area contributed by atoms with Crippen LogP contribution in [0, 0.1) is 0 Å². The van der Waals surface area contributed by atoms with E-state index in [2.05, 4.69) is 11.8 Å². The summed E-state index contributed by atoms with van der Waals surface area (Å²) < 4.78 is 0. The molecule has 0 aromatic carbocycles. The molecule has 0 unspecified atom stereocenters. The van der Waals surface area contributed by atoms with Crippen molar-refractivity contribution >= 4 is 5.91 Å². The number of fused-ring (bicyclic) bond motifs is 1. The summed E-state index contributed by atoms with van der Waals surface area (Å²) in [5, 5.41) is 0. The first kappa shape index (κ1) is 8.09. The fourth-order valence-electron chi connectivity index (χ4n) is 2.69. The second kappa shape index (κ2) is 3.08. The highest BCUT2D eigenvalue weighted by atomic mass is 16.2. The second-order valence-electron chi connectivity index (χ2n) is 4.01. The van der Waals surface area contributed by atoms with Gasteiger partial charge in [0, 0.05) is 18.5 Å². The van der Waals surface area contributed by atoms with Crippen LogP contribution in [0.3, 0.4) is 0 Å². The Morgan fingerprint density at radius 3 is 3.00 bits per heavy atom. The molecule has 2 saturated heterocycles. The summed E-state index contributed by atoms with van der Waals surface area (Å²) >= 11 is 0. The molecule has 1 amide bonds. The molecule has 2 heterocycles. The third-order valence-corrected chi connectivity index (χ3v) is 3.22. The lowest BCUT2D eigenvalue weighted by Crippen LogP contribution is -2.34. The maximum Gasteiger partial charge on any atom is 0.223 e. The third-order valence-electron chi connectivity index (χ3n) is 3.22. The summed E-state index contributed by atoms with van der Waals surface area (Å²) in [4.78, 5) is 13.6. The van der Waals surface area contributed by atoms with E-state index in [4.69, 9.17) is 0 Å². The van der Waals surface area contributed by atoms with Crippen LogP contribution in [0.25, 0.3) is 0 Å². The SMILES string of the molecule is CCC[C@@H]1CC[C@@H]2CCC(=O)N12. The molecule has 0 aromatic heterocycles. The van der Waals surface area contributed by atoms with Gasteiger partial charge in [-0.3, -0.25) is 4.79 Å². The summed E-state index contributed by atoms with van der Waals surface area (Å²) in [7, 11) is 0. The number of hydrogen-bond acceptors (Lipinski definition) is 1. The molecule has 2 rings (SSSR count). The maximum absolute atomic E-state index is 11.5. The van der Waals surface area contributed by atoms with Crippen LogP contribution in [0.15, 0.2) is 0 Å². The molecule has 0 spiro atoms. The van der Waals surface area contributed by atoms with Crippen LogP contribution in [0.5, 0.6) is 0 Å². The van der Waals surface area contributed by atoms with Crippen molar-refractivity contribution in [3.05, 3.63) is 0 Å². The van der Waals surface area contributed by atoms with Gasteiger partial charge in [-0.05, 0) is 25.7 Å². The molecule has 2 aliphatic heterocycles. The Hall–Kier alpha value is -0.530. The average molecular weight is 167 g/mol. The fraction of sp³-hybridized carbons (Fsp3) is 0.900. The normalized spacial score (nSPS) is 34.4. The Bertz CT molecular complexity index is 188. The molecule has 0 aliphatic carbocycles. The lowest BCUT2D eigenvalue weighted by atomic mass is 10.1. The van der Waals surface area contributed by atoms with E-state index in [1.807, 2.05) is 0 Å². The smallest absolute Gasteiger partial charge is 0.223 e. The molecule has 0 radical (unpaired) electrons. The number of rotatable bonds is 2. The molecule has 0 saturated carbocycles. The van der Waals surface area contributed by atoms with Crippen molar-refractivity contribution in [2.45, 2.75) is 57.5 Å². The van der Waals surface area contributed by atoms with Crippen molar-refractivity contribution in [1.82, 2.24) is 4.90 Å². The van der Waals surface area contributed by atoms with E-state index in [-0.39, 0.29) is 0 Å². The van der Waals surface area contributed by atoms with Gasteiger partial charge in [0.2, 0.25) is 5.91 Å².